The molecule has 156 valence electrons. The van der Waals surface area contributed by atoms with Gasteiger partial charge in [0.1, 0.15) is 5.82 Å². The van der Waals surface area contributed by atoms with Gasteiger partial charge >= 0.3 is 0 Å². The van der Waals surface area contributed by atoms with Crippen LogP contribution in [0.3, 0.4) is 0 Å². The number of rotatable bonds is 8. The first kappa shape index (κ1) is 22.1. The standard InChI is InChI=1S/C26H38BrF/c1-2-3-4-25-16-11-22(19-26(25)28)6-5-20-7-12-23(13-8-20)24-14-9-21(10-15-24)17-18-27/h11,16-21,23-24H,2-10,12-15H2,1H3/b18-17+. The van der Waals surface area contributed by atoms with Crippen molar-refractivity contribution >= 4 is 15.9 Å². The van der Waals surface area contributed by atoms with E-state index in [1.807, 2.05) is 11.1 Å². The van der Waals surface area contributed by atoms with Crippen LogP contribution < -0.4 is 0 Å². The molecule has 2 aliphatic carbocycles. The molecule has 0 radical (unpaired) electrons. The first-order chi connectivity index (χ1) is 13.7. The summed E-state index contributed by atoms with van der Waals surface area (Å²) in [4.78, 5) is 2.05. The number of unbranched alkanes of at least 4 members (excludes halogenated alkanes) is 1. The molecule has 0 atom stereocenters. The number of hydrogen-bond acceptors (Lipinski definition) is 0. The number of hydrogen-bond donors (Lipinski definition) is 0. The molecule has 3 rings (SSSR count). The zero-order valence-electron chi connectivity index (χ0n) is 17.6. The SMILES string of the molecule is CCCCc1ccc(CCC2CCC(C3CCC(/C=C/Br)CC3)CC2)cc1F. The Kier molecular flexibility index (Phi) is 9.08. The Labute approximate surface area is 180 Å². The average Bonchev–Trinajstić information content (AvgIpc) is 2.73. The second-order valence-corrected chi connectivity index (χ2v) is 9.87. The lowest BCUT2D eigenvalue weighted by Gasteiger charge is -2.37. The van der Waals surface area contributed by atoms with Crippen LogP contribution in [0.4, 0.5) is 4.39 Å². The molecule has 0 N–H and O–H groups in total. The Morgan fingerprint density at radius 1 is 0.964 bits per heavy atom. The molecule has 0 amide bonds. The molecular weight excluding hydrogens is 411 g/mol. The van der Waals surface area contributed by atoms with Gasteiger partial charge in [-0.25, -0.2) is 4.39 Å². The van der Waals surface area contributed by atoms with Crippen molar-refractivity contribution in [3.05, 3.63) is 46.2 Å². The molecule has 2 aliphatic rings. The minimum atomic E-state index is 0.0139. The van der Waals surface area contributed by atoms with Crippen LogP contribution >= 0.6 is 15.9 Å². The highest BCUT2D eigenvalue weighted by atomic mass is 79.9. The molecule has 0 heterocycles. The molecule has 2 heteroatoms. The quantitative estimate of drug-likeness (QED) is 0.373. The van der Waals surface area contributed by atoms with Gasteiger partial charge in [-0.15, -0.1) is 0 Å². The summed E-state index contributed by atoms with van der Waals surface area (Å²) >= 11 is 3.43. The summed E-state index contributed by atoms with van der Waals surface area (Å²) in [5.41, 5.74) is 2.09. The fraction of sp³-hybridized carbons (Fsp3) is 0.692. The maximum Gasteiger partial charge on any atom is 0.126 e. The van der Waals surface area contributed by atoms with E-state index in [0.29, 0.717) is 0 Å². The molecule has 2 fully saturated rings. The number of aryl methyl sites for hydroxylation is 2. The Balaban J connectivity index is 1.38. The Morgan fingerprint density at radius 3 is 2.25 bits per heavy atom. The Hall–Kier alpha value is -0.630. The van der Waals surface area contributed by atoms with Crippen molar-refractivity contribution in [1.29, 1.82) is 0 Å². The summed E-state index contributed by atoms with van der Waals surface area (Å²) in [7, 11) is 0. The van der Waals surface area contributed by atoms with E-state index in [1.54, 1.807) is 6.07 Å². The topological polar surface area (TPSA) is 0 Å². The summed E-state index contributed by atoms with van der Waals surface area (Å²) in [6.07, 6.45) is 19.0. The molecule has 0 saturated heterocycles. The monoisotopic (exact) mass is 448 g/mol. The highest BCUT2D eigenvalue weighted by Gasteiger charge is 2.30. The van der Waals surface area contributed by atoms with Gasteiger partial charge in [0, 0.05) is 0 Å². The highest BCUT2D eigenvalue weighted by molar-refractivity contribution is 9.11. The third kappa shape index (κ3) is 6.44. The van der Waals surface area contributed by atoms with Gasteiger partial charge < -0.3 is 0 Å². The first-order valence-corrected chi connectivity index (χ1v) is 12.6. The van der Waals surface area contributed by atoms with Crippen LogP contribution in [0.25, 0.3) is 0 Å². The minimum absolute atomic E-state index is 0.0139. The second-order valence-electron chi connectivity index (χ2n) is 9.34. The van der Waals surface area contributed by atoms with Crippen molar-refractivity contribution in [2.24, 2.45) is 23.7 Å². The van der Waals surface area contributed by atoms with E-state index < -0.39 is 0 Å². The molecule has 0 aliphatic heterocycles. The van der Waals surface area contributed by atoms with E-state index in [0.717, 1.165) is 54.9 Å². The fourth-order valence-electron chi connectivity index (χ4n) is 5.55. The number of halogens is 2. The van der Waals surface area contributed by atoms with E-state index in [2.05, 4.69) is 35.0 Å². The van der Waals surface area contributed by atoms with E-state index >= 15 is 0 Å². The minimum Gasteiger partial charge on any atom is -0.207 e. The number of allylic oxidation sites excluding steroid dienone is 1. The lowest BCUT2D eigenvalue weighted by molar-refractivity contribution is 0.153. The van der Waals surface area contributed by atoms with Crippen molar-refractivity contribution in [2.45, 2.75) is 90.4 Å². The zero-order chi connectivity index (χ0) is 19.8. The first-order valence-electron chi connectivity index (χ1n) is 11.7. The molecular formula is C26H38BrF. The molecule has 0 nitrogen and oxygen atoms in total. The van der Waals surface area contributed by atoms with E-state index in [9.17, 15) is 4.39 Å². The van der Waals surface area contributed by atoms with Gasteiger partial charge in [-0.2, -0.15) is 0 Å². The van der Waals surface area contributed by atoms with E-state index in [-0.39, 0.29) is 5.82 Å². The van der Waals surface area contributed by atoms with Crippen LogP contribution in [-0.4, -0.2) is 0 Å². The van der Waals surface area contributed by atoms with Crippen LogP contribution in [0.15, 0.2) is 29.3 Å². The van der Waals surface area contributed by atoms with Gasteiger partial charge in [-0.1, -0.05) is 60.3 Å². The van der Waals surface area contributed by atoms with Gasteiger partial charge in [-0.05, 0) is 110 Å². The van der Waals surface area contributed by atoms with E-state index in [1.165, 1.54) is 63.4 Å². The predicted octanol–water partition coefficient (Wildman–Crippen LogP) is 8.62. The van der Waals surface area contributed by atoms with Crippen LogP contribution in [0, 0.1) is 29.5 Å². The van der Waals surface area contributed by atoms with Gasteiger partial charge in [0.2, 0.25) is 0 Å². The summed E-state index contributed by atoms with van der Waals surface area (Å²) in [6.45, 7) is 2.16. The van der Waals surface area contributed by atoms with Crippen molar-refractivity contribution in [2.75, 3.05) is 0 Å². The molecule has 1 aromatic carbocycles. The van der Waals surface area contributed by atoms with Gasteiger partial charge in [0.25, 0.3) is 0 Å². The van der Waals surface area contributed by atoms with Crippen LogP contribution in [0.2, 0.25) is 0 Å². The van der Waals surface area contributed by atoms with Gasteiger partial charge in [-0.3, -0.25) is 0 Å². The van der Waals surface area contributed by atoms with E-state index in [4.69, 9.17) is 0 Å². The van der Waals surface area contributed by atoms with Crippen LogP contribution in [-0.2, 0) is 12.8 Å². The lowest BCUT2D eigenvalue weighted by atomic mass is 9.68. The predicted molar refractivity (Wildman–Crippen MR) is 122 cm³/mol. The molecule has 0 spiro atoms. The molecule has 28 heavy (non-hydrogen) atoms. The molecule has 0 bridgehead atoms. The summed E-state index contributed by atoms with van der Waals surface area (Å²) < 4.78 is 14.3. The summed E-state index contributed by atoms with van der Waals surface area (Å²) in [6, 6.07) is 5.99. The third-order valence-electron chi connectivity index (χ3n) is 7.48. The molecule has 1 aromatic rings. The fourth-order valence-corrected chi connectivity index (χ4v) is 5.98. The van der Waals surface area contributed by atoms with Crippen molar-refractivity contribution in [3.63, 3.8) is 0 Å². The Bertz CT molecular complexity index is 607. The molecule has 0 unspecified atom stereocenters. The Morgan fingerprint density at radius 2 is 1.64 bits per heavy atom. The van der Waals surface area contributed by atoms with Gasteiger partial charge in [0.05, 0.1) is 0 Å². The summed E-state index contributed by atoms with van der Waals surface area (Å²) in [5.74, 6) is 3.62. The summed E-state index contributed by atoms with van der Waals surface area (Å²) in [5, 5.41) is 0. The lowest BCUT2D eigenvalue weighted by Crippen LogP contribution is -2.25. The highest BCUT2D eigenvalue weighted by Crippen LogP contribution is 2.42. The van der Waals surface area contributed by atoms with Crippen molar-refractivity contribution in [3.8, 4) is 0 Å². The van der Waals surface area contributed by atoms with Crippen molar-refractivity contribution < 1.29 is 4.39 Å². The third-order valence-corrected chi connectivity index (χ3v) is 7.78. The zero-order valence-corrected chi connectivity index (χ0v) is 19.2. The van der Waals surface area contributed by atoms with Gasteiger partial charge in [0.15, 0.2) is 0 Å². The van der Waals surface area contributed by atoms with Crippen LogP contribution in [0.1, 0.15) is 88.7 Å². The maximum absolute atomic E-state index is 14.3. The normalized spacial score (nSPS) is 28.7. The average molecular weight is 449 g/mol. The number of benzene rings is 1. The second kappa shape index (κ2) is 11.5. The van der Waals surface area contributed by atoms with Crippen LogP contribution in [0.5, 0.6) is 0 Å². The largest absolute Gasteiger partial charge is 0.207 e. The maximum atomic E-state index is 14.3. The van der Waals surface area contributed by atoms with Crippen molar-refractivity contribution in [1.82, 2.24) is 0 Å². The molecule has 2 saturated carbocycles. The molecule has 0 aromatic heterocycles. The smallest absolute Gasteiger partial charge is 0.126 e.